The lowest BCUT2D eigenvalue weighted by atomic mass is 9.89. The largest absolute Gasteiger partial charge is 0.381 e. The fourth-order valence-electron chi connectivity index (χ4n) is 1.45. The maximum Gasteiger partial charge on any atom is 0.0601 e. The van der Waals surface area contributed by atoms with Gasteiger partial charge in [0.1, 0.15) is 0 Å². The van der Waals surface area contributed by atoms with Gasteiger partial charge in [-0.3, -0.25) is 0 Å². The Labute approximate surface area is 80.2 Å². The molecule has 1 fully saturated rings. The van der Waals surface area contributed by atoms with Crippen LogP contribution >= 0.6 is 0 Å². The van der Waals surface area contributed by atoms with Crippen molar-refractivity contribution >= 4 is 0 Å². The number of terminal acetylenes is 1. The zero-order chi connectivity index (χ0) is 9.52. The van der Waals surface area contributed by atoms with Crippen molar-refractivity contribution in [2.24, 2.45) is 0 Å². The molecular weight excluding hydrogens is 164 g/mol. The van der Waals surface area contributed by atoms with Crippen LogP contribution in [0.15, 0.2) is 0 Å². The van der Waals surface area contributed by atoms with Gasteiger partial charge in [0.2, 0.25) is 0 Å². The third-order valence-corrected chi connectivity index (χ3v) is 2.39. The molecule has 0 radical (unpaired) electrons. The van der Waals surface area contributed by atoms with E-state index in [9.17, 15) is 0 Å². The lowest BCUT2D eigenvalue weighted by Gasteiger charge is -2.34. The van der Waals surface area contributed by atoms with E-state index in [1.165, 1.54) is 0 Å². The van der Waals surface area contributed by atoms with E-state index < -0.39 is 0 Å². The highest BCUT2D eigenvalue weighted by atomic mass is 16.5. The Morgan fingerprint density at radius 1 is 1.46 bits per heavy atom. The van der Waals surface area contributed by atoms with Crippen LogP contribution in [0.1, 0.15) is 12.8 Å². The van der Waals surface area contributed by atoms with Gasteiger partial charge < -0.3 is 15.4 Å². The van der Waals surface area contributed by atoms with Crippen LogP contribution in [0.3, 0.4) is 0 Å². The Morgan fingerprint density at radius 3 is 2.85 bits per heavy atom. The summed E-state index contributed by atoms with van der Waals surface area (Å²) >= 11 is 0. The van der Waals surface area contributed by atoms with Gasteiger partial charge in [0.05, 0.1) is 12.6 Å². The lowest BCUT2D eigenvalue weighted by molar-refractivity contribution is 0.0177. The highest BCUT2D eigenvalue weighted by Crippen LogP contribution is 2.21. The van der Waals surface area contributed by atoms with Crippen LogP contribution in [0.2, 0.25) is 0 Å². The van der Waals surface area contributed by atoms with Gasteiger partial charge in [-0.05, 0) is 12.8 Å². The third kappa shape index (κ3) is 3.77. The first-order valence-corrected chi connectivity index (χ1v) is 4.77. The van der Waals surface area contributed by atoms with Gasteiger partial charge in [-0.2, -0.15) is 0 Å². The van der Waals surface area contributed by atoms with Crippen LogP contribution in [0, 0.1) is 12.3 Å². The van der Waals surface area contributed by atoms with Crippen molar-refractivity contribution in [3.63, 3.8) is 0 Å². The van der Waals surface area contributed by atoms with Gasteiger partial charge >= 0.3 is 0 Å². The summed E-state index contributed by atoms with van der Waals surface area (Å²) in [5, 5.41) is 6.57. The van der Waals surface area contributed by atoms with Crippen LogP contribution in [0.25, 0.3) is 0 Å². The second-order valence-electron chi connectivity index (χ2n) is 3.36. The van der Waals surface area contributed by atoms with Crippen molar-refractivity contribution in [2.75, 3.05) is 26.7 Å². The minimum absolute atomic E-state index is 0.483. The molecule has 1 rings (SSSR count). The van der Waals surface area contributed by atoms with E-state index in [-0.39, 0.29) is 0 Å². The molecule has 0 aromatic heterocycles. The number of hydrogen-bond donors (Lipinski definition) is 2. The molecule has 0 amide bonds. The molecule has 1 saturated carbocycles. The van der Waals surface area contributed by atoms with Crippen molar-refractivity contribution in [3.05, 3.63) is 0 Å². The molecule has 0 aromatic rings. The van der Waals surface area contributed by atoms with Gasteiger partial charge in [-0.15, -0.1) is 6.42 Å². The minimum Gasteiger partial charge on any atom is -0.381 e. The first kappa shape index (κ1) is 10.5. The fourth-order valence-corrected chi connectivity index (χ4v) is 1.45. The molecule has 74 valence electrons. The summed E-state index contributed by atoms with van der Waals surface area (Å²) < 4.78 is 5.18. The van der Waals surface area contributed by atoms with Crippen LogP contribution < -0.4 is 10.6 Å². The number of hydrogen-bond acceptors (Lipinski definition) is 3. The van der Waals surface area contributed by atoms with Crippen molar-refractivity contribution in [2.45, 2.75) is 25.0 Å². The molecule has 0 saturated heterocycles. The van der Waals surface area contributed by atoms with Crippen molar-refractivity contribution in [3.8, 4) is 12.3 Å². The van der Waals surface area contributed by atoms with Crippen LogP contribution in [-0.2, 0) is 4.74 Å². The summed E-state index contributed by atoms with van der Waals surface area (Å²) in [7, 11) is 1.77. The van der Waals surface area contributed by atoms with E-state index in [0.717, 1.165) is 25.9 Å². The van der Waals surface area contributed by atoms with Crippen LogP contribution in [0.4, 0.5) is 0 Å². The van der Waals surface area contributed by atoms with Gasteiger partial charge in [0.15, 0.2) is 0 Å². The third-order valence-electron chi connectivity index (χ3n) is 2.39. The first-order valence-electron chi connectivity index (χ1n) is 4.77. The number of rotatable bonds is 6. The monoisotopic (exact) mass is 182 g/mol. The Morgan fingerprint density at radius 2 is 2.23 bits per heavy atom. The molecule has 13 heavy (non-hydrogen) atoms. The van der Waals surface area contributed by atoms with E-state index in [0.29, 0.717) is 18.7 Å². The maximum absolute atomic E-state index is 5.18. The van der Waals surface area contributed by atoms with Crippen molar-refractivity contribution in [1.82, 2.24) is 10.6 Å². The zero-order valence-electron chi connectivity index (χ0n) is 8.18. The average molecular weight is 182 g/mol. The number of methoxy groups -OCH3 is 1. The summed E-state index contributed by atoms with van der Waals surface area (Å²) in [4.78, 5) is 0. The molecular formula is C10H18N2O. The second-order valence-corrected chi connectivity index (χ2v) is 3.36. The molecule has 0 unspecified atom stereocenters. The summed E-state index contributed by atoms with van der Waals surface area (Å²) in [6.45, 7) is 2.59. The Bertz CT molecular complexity index is 170. The molecule has 1 aliphatic rings. The molecule has 1 aliphatic carbocycles. The molecule has 3 heteroatoms. The van der Waals surface area contributed by atoms with Gasteiger partial charge in [0.25, 0.3) is 0 Å². The molecule has 0 spiro atoms. The molecule has 0 aliphatic heterocycles. The lowest BCUT2D eigenvalue weighted by Crippen LogP contribution is -2.46. The van der Waals surface area contributed by atoms with E-state index in [1.54, 1.807) is 7.11 Å². The fraction of sp³-hybridized carbons (Fsp3) is 0.800. The molecule has 0 heterocycles. The molecule has 2 N–H and O–H groups in total. The Kier molecular flexibility index (Phi) is 4.84. The molecule has 0 atom stereocenters. The smallest absolute Gasteiger partial charge is 0.0601 e. The van der Waals surface area contributed by atoms with Gasteiger partial charge in [-0.1, -0.05) is 5.92 Å². The quantitative estimate of drug-likeness (QED) is 0.447. The predicted molar refractivity (Wildman–Crippen MR) is 53.5 cm³/mol. The normalized spacial score (nSPS) is 26.5. The predicted octanol–water partition coefficient (Wildman–Crippen LogP) is -0.0238. The van der Waals surface area contributed by atoms with Crippen molar-refractivity contribution in [1.29, 1.82) is 0 Å². The highest BCUT2D eigenvalue weighted by Gasteiger charge is 2.27. The van der Waals surface area contributed by atoms with Crippen molar-refractivity contribution < 1.29 is 4.74 Å². The first-order chi connectivity index (χ1) is 6.36. The standard InChI is InChI=1S/C10H18N2O/c1-3-4-11-5-6-12-9-7-10(8-9)13-2/h1,9-12H,4-8H2,2H3. The molecule has 0 bridgehead atoms. The maximum atomic E-state index is 5.18. The SMILES string of the molecule is C#CCNCCNC1CC(OC)C1. The summed E-state index contributed by atoms with van der Waals surface area (Å²) in [5.74, 6) is 2.54. The highest BCUT2D eigenvalue weighted by molar-refractivity contribution is 4.87. The van der Waals surface area contributed by atoms with Crippen LogP contribution in [-0.4, -0.2) is 38.9 Å². The summed E-state index contributed by atoms with van der Waals surface area (Å²) in [5.41, 5.74) is 0. The molecule has 3 nitrogen and oxygen atoms in total. The number of nitrogens with one attached hydrogen (secondary N) is 2. The topological polar surface area (TPSA) is 33.3 Å². The van der Waals surface area contributed by atoms with Crippen LogP contribution in [0.5, 0.6) is 0 Å². The minimum atomic E-state index is 0.483. The zero-order valence-corrected chi connectivity index (χ0v) is 8.18. The van der Waals surface area contributed by atoms with E-state index >= 15 is 0 Å². The Hall–Kier alpha value is -0.560. The van der Waals surface area contributed by atoms with E-state index in [4.69, 9.17) is 11.2 Å². The van der Waals surface area contributed by atoms with E-state index in [1.807, 2.05) is 0 Å². The summed E-state index contributed by atoms with van der Waals surface area (Å²) in [6, 6.07) is 0.651. The Balaban J connectivity index is 1.83. The second kappa shape index (κ2) is 5.98. The molecule has 0 aromatic carbocycles. The summed E-state index contributed by atoms with van der Waals surface area (Å²) in [6.07, 6.45) is 7.87. The van der Waals surface area contributed by atoms with Gasteiger partial charge in [0, 0.05) is 26.2 Å². The average Bonchev–Trinajstić information content (AvgIpc) is 2.08. The van der Waals surface area contributed by atoms with E-state index in [2.05, 4.69) is 16.6 Å². The number of ether oxygens (including phenoxy) is 1. The van der Waals surface area contributed by atoms with Gasteiger partial charge in [-0.25, -0.2) is 0 Å².